The Morgan fingerprint density at radius 3 is 2.65 bits per heavy atom. The first-order valence-corrected chi connectivity index (χ1v) is 9.71. The molecule has 0 amide bonds. The van der Waals surface area contributed by atoms with E-state index in [9.17, 15) is 9.90 Å². The lowest BCUT2D eigenvalue weighted by Crippen LogP contribution is -2.42. The number of hydrogen-bond acceptors (Lipinski definition) is 4. The Bertz CT molecular complexity index is 610. The molecule has 26 heavy (non-hydrogen) atoms. The van der Waals surface area contributed by atoms with Crippen LogP contribution in [0.25, 0.3) is 0 Å². The number of allylic oxidation sites excluding steroid dienone is 3. The maximum atomic E-state index is 11.5. The van der Waals surface area contributed by atoms with Gasteiger partial charge in [-0.1, -0.05) is 23.3 Å². The van der Waals surface area contributed by atoms with Gasteiger partial charge in [0.1, 0.15) is 6.10 Å². The molecule has 2 aliphatic rings. The summed E-state index contributed by atoms with van der Waals surface area (Å²) in [7, 11) is 0. The molecule has 2 rings (SSSR count). The Hall–Kier alpha value is -1.39. The molecule has 0 spiro atoms. The second kappa shape index (κ2) is 9.01. The monoisotopic (exact) mass is 362 g/mol. The van der Waals surface area contributed by atoms with Gasteiger partial charge in [-0.25, -0.2) is 0 Å². The molecular weight excluding hydrogens is 328 g/mol. The van der Waals surface area contributed by atoms with Gasteiger partial charge in [-0.2, -0.15) is 0 Å². The molecule has 0 saturated heterocycles. The molecule has 146 valence electrons. The van der Waals surface area contributed by atoms with E-state index in [1.165, 1.54) is 29.2 Å². The van der Waals surface area contributed by atoms with Crippen molar-refractivity contribution in [2.75, 3.05) is 6.61 Å². The van der Waals surface area contributed by atoms with Crippen LogP contribution < -0.4 is 0 Å². The van der Waals surface area contributed by atoms with Crippen molar-refractivity contribution in [1.82, 2.24) is 0 Å². The number of ether oxygens (including phenoxy) is 2. The summed E-state index contributed by atoms with van der Waals surface area (Å²) in [6, 6.07) is 0. The van der Waals surface area contributed by atoms with Crippen molar-refractivity contribution in [2.45, 2.75) is 91.0 Å². The number of fused-ring (bicyclic) bond motifs is 1. The van der Waals surface area contributed by atoms with Crippen molar-refractivity contribution in [3.05, 3.63) is 34.4 Å². The molecule has 1 aliphatic carbocycles. The van der Waals surface area contributed by atoms with Gasteiger partial charge in [-0.3, -0.25) is 4.79 Å². The van der Waals surface area contributed by atoms with Gasteiger partial charge in [0.25, 0.3) is 0 Å². The minimum atomic E-state index is -1.03. The lowest BCUT2D eigenvalue weighted by atomic mass is 9.87. The van der Waals surface area contributed by atoms with Crippen LogP contribution in [-0.2, 0) is 14.3 Å². The summed E-state index contributed by atoms with van der Waals surface area (Å²) in [5.41, 5.74) is 4.25. The highest BCUT2D eigenvalue weighted by atomic mass is 16.6. The first-order valence-electron chi connectivity index (χ1n) is 9.71. The van der Waals surface area contributed by atoms with Gasteiger partial charge in [0.15, 0.2) is 0 Å². The molecule has 1 unspecified atom stereocenters. The smallest absolute Gasteiger partial charge is 0.303 e. The SMILES string of the molecule is CC(=O)OC1CC/C(C)=C/[C@@H]2OCC(C)=C2CC/C(C)=C/CC[C@@]1(C)O. The molecule has 0 aromatic carbocycles. The highest BCUT2D eigenvalue weighted by Gasteiger charge is 2.34. The van der Waals surface area contributed by atoms with Crippen LogP contribution in [0.15, 0.2) is 34.4 Å². The number of rotatable bonds is 1. The number of carbonyl (C=O) groups excluding carboxylic acids is 1. The maximum Gasteiger partial charge on any atom is 0.303 e. The number of hydrogen-bond donors (Lipinski definition) is 1. The lowest BCUT2D eigenvalue weighted by Gasteiger charge is -2.32. The summed E-state index contributed by atoms with van der Waals surface area (Å²) in [6.45, 7) is 10.3. The van der Waals surface area contributed by atoms with Crippen molar-refractivity contribution in [1.29, 1.82) is 0 Å². The Labute approximate surface area is 158 Å². The van der Waals surface area contributed by atoms with Crippen molar-refractivity contribution in [3.8, 4) is 0 Å². The Morgan fingerprint density at radius 2 is 1.96 bits per heavy atom. The van der Waals surface area contributed by atoms with Crippen LogP contribution in [0.4, 0.5) is 0 Å². The third-order valence-corrected chi connectivity index (χ3v) is 5.54. The fourth-order valence-corrected chi connectivity index (χ4v) is 3.76. The highest BCUT2D eigenvalue weighted by Crippen LogP contribution is 2.31. The Balaban J connectivity index is 2.25. The number of aliphatic hydroxyl groups is 1. The third kappa shape index (κ3) is 5.82. The second-order valence-electron chi connectivity index (χ2n) is 8.13. The summed E-state index contributed by atoms with van der Waals surface area (Å²) in [5.74, 6) is -0.343. The zero-order valence-electron chi connectivity index (χ0n) is 16.9. The molecule has 0 bridgehead atoms. The molecule has 1 N–H and O–H groups in total. The molecule has 1 heterocycles. The zero-order valence-corrected chi connectivity index (χ0v) is 16.9. The summed E-state index contributed by atoms with van der Waals surface area (Å²) in [5, 5.41) is 10.9. The quantitative estimate of drug-likeness (QED) is 0.546. The van der Waals surface area contributed by atoms with E-state index in [4.69, 9.17) is 9.47 Å². The molecule has 3 atom stereocenters. The van der Waals surface area contributed by atoms with E-state index in [0.29, 0.717) is 19.4 Å². The van der Waals surface area contributed by atoms with Crippen LogP contribution >= 0.6 is 0 Å². The van der Waals surface area contributed by atoms with Crippen LogP contribution in [0.3, 0.4) is 0 Å². The molecule has 0 radical (unpaired) electrons. The van der Waals surface area contributed by atoms with Crippen molar-refractivity contribution >= 4 is 5.97 Å². The fraction of sp³-hybridized carbons (Fsp3) is 0.682. The van der Waals surface area contributed by atoms with E-state index in [0.717, 1.165) is 25.7 Å². The average Bonchev–Trinajstić information content (AvgIpc) is 2.88. The van der Waals surface area contributed by atoms with Gasteiger partial charge in [-0.05, 0) is 77.4 Å². The van der Waals surface area contributed by atoms with Crippen molar-refractivity contribution in [2.24, 2.45) is 0 Å². The average molecular weight is 363 g/mol. The number of carbonyl (C=O) groups is 1. The molecule has 1 aliphatic heterocycles. The molecule has 0 aromatic heterocycles. The van der Waals surface area contributed by atoms with Gasteiger partial charge in [-0.15, -0.1) is 0 Å². The minimum absolute atomic E-state index is 0.0541. The molecule has 0 fully saturated rings. The van der Waals surface area contributed by atoms with Gasteiger partial charge < -0.3 is 14.6 Å². The van der Waals surface area contributed by atoms with Crippen LogP contribution in [0.1, 0.15) is 73.1 Å². The first kappa shape index (κ1) is 20.9. The van der Waals surface area contributed by atoms with E-state index in [-0.39, 0.29) is 12.1 Å². The first-order chi connectivity index (χ1) is 12.2. The molecule has 4 heteroatoms. The summed E-state index contributed by atoms with van der Waals surface area (Å²) < 4.78 is 11.4. The van der Waals surface area contributed by atoms with E-state index < -0.39 is 11.7 Å². The summed E-state index contributed by atoms with van der Waals surface area (Å²) in [6.07, 6.45) is 8.73. The topological polar surface area (TPSA) is 55.8 Å². The Morgan fingerprint density at radius 1 is 1.23 bits per heavy atom. The van der Waals surface area contributed by atoms with Gasteiger partial charge in [0.05, 0.1) is 18.3 Å². The zero-order chi connectivity index (χ0) is 19.3. The van der Waals surface area contributed by atoms with Crippen molar-refractivity contribution in [3.63, 3.8) is 0 Å². The predicted octanol–water partition coefficient (Wildman–Crippen LogP) is 4.63. The maximum absolute atomic E-state index is 11.5. The van der Waals surface area contributed by atoms with Crippen LogP contribution in [0, 0.1) is 0 Å². The fourth-order valence-electron chi connectivity index (χ4n) is 3.76. The van der Waals surface area contributed by atoms with E-state index >= 15 is 0 Å². The molecule has 0 aromatic rings. The Kier molecular flexibility index (Phi) is 7.24. The van der Waals surface area contributed by atoms with Crippen molar-refractivity contribution < 1.29 is 19.4 Å². The van der Waals surface area contributed by atoms with Crippen LogP contribution in [0.2, 0.25) is 0 Å². The number of esters is 1. The second-order valence-corrected chi connectivity index (χ2v) is 8.13. The lowest BCUT2D eigenvalue weighted by molar-refractivity contribution is -0.162. The van der Waals surface area contributed by atoms with Crippen LogP contribution in [0.5, 0.6) is 0 Å². The van der Waals surface area contributed by atoms with Gasteiger partial charge >= 0.3 is 5.97 Å². The van der Waals surface area contributed by atoms with Crippen LogP contribution in [-0.4, -0.2) is 35.5 Å². The normalized spacial score (nSPS) is 35.6. The van der Waals surface area contributed by atoms with E-state index in [2.05, 4.69) is 32.9 Å². The van der Waals surface area contributed by atoms with E-state index in [1.54, 1.807) is 6.92 Å². The highest BCUT2D eigenvalue weighted by molar-refractivity contribution is 5.66. The summed E-state index contributed by atoms with van der Waals surface area (Å²) in [4.78, 5) is 11.5. The van der Waals surface area contributed by atoms with Gasteiger partial charge in [0.2, 0.25) is 0 Å². The molecular formula is C22H34O4. The predicted molar refractivity (Wildman–Crippen MR) is 104 cm³/mol. The molecule has 0 saturated carbocycles. The molecule has 4 nitrogen and oxygen atoms in total. The largest absolute Gasteiger partial charge is 0.459 e. The summed E-state index contributed by atoms with van der Waals surface area (Å²) >= 11 is 0. The minimum Gasteiger partial charge on any atom is -0.459 e. The standard InChI is InChI=1S/C22H34O4/c1-15-7-6-12-22(5,24)21(26-18(4)23)11-9-16(2)13-20-19(10-8-15)17(3)14-25-20/h7,13,20-21,24H,6,8-12,14H2,1-5H3/b15-7+,16-13+/t20-,21?,22+/m0/s1. The van der Waals surface area contributed by atoms with E-state index in [1.807, 2.05) is 0 Å². The third-order valence-electron chi connectivity index (χ3n) is 5.54. The van der Waals surface area contributed by atoms with Gasteiger partial charge in [0, 0.05) is 6.92 Å².